The average Bonchev–Trinajstić information content (AvgIpc) is 2.74. The molecular formula is C20H21N5O3S2. The Balaban J connectivity index is 1.63. The standard InChI is InChI=1S/C20H21N5O3S2/c1-3-14-4-6-15(7-5-14)23-20(29)24-16-8-10-17(11-9-16)30(26,27)25-18-12-19(28-2)22-13-21-18/h4-13H,3H2,1-2H3,(H,21,22,25)(H2,23,24,29). The average molecular weight is 444 g/mol. The van der Waals surface area contributed by atoms with Crippen LogP contribution in [-0.2, 0) is 16.4 Å². The van der Waals surface area contributed by atoms with Crippen LogP contribution in [0.4, 0.5) is 17.2 Å². The Morgan fingerprint density at radius 3 is 2.17 bits per heavy atom. The van der Waals surface area contributed by atoms with E-state index in [0.29, 0.717) is 10.8 Å². The van der Waals surface area contributed by atoms with E-state index in [4.69, 9.17) is 17.0 Å². The van der Waals surface area contributed by atoms with E-state index in [1.54, 1.807) is 12.1 Å². The third-order valence-electron chi connectivity index (χ3n) is 4.13. The molecule has 156 valence electrons. The minimum atomic E-state index is -3.81. The topological polar surface area (TPSA) is 105 Å². The molecule has 1 heterocycles. The third-order valence-corrected chi connectivity index (χ3v) is 5.71. The zero-order valence-electron chi connectivity index (χ0n) is 16.4. The van der Waals surface area contributed by atoms with Crippen molar-refractivity contribution in [3.63, 3.8) is 0 Å². The van der Waals surface area contributed by atoms with Crippen molar-refractivity contribution in [3.05, 3.63) is 66.5 Å². The Kier molecular flexibility index (Phi) is 6.80. The van der Waals surface area contributed by atoms with Crippen molar-refractivity contribution in [2.45, 2.75) is 18.2 Å². The number of nitrogens with zero attached hydrogens (tertiary/aromatic N) is 2. The van der Waals surface area contributed by atoms with Gasteiger partial charge in [-0.05, 0) is 60.6 Å². The molecular weight excluding hydrogens is 422 g/mol. The molecule has 0 saturated carbocycles. The summed E-state index contributed by atoms with van der Waals surface area (Å²) in [5.74, 6) is 0.371. The number of thiocarbonyl (C=S) groups is 1. The molecule has 0 atom stereocenters. The Morgan fingerprint density at radius 1 is 1.00 bits per heavy atom. The smallest absolute Gasteiger partial charge is 0.263 e. The molecule has 0 radical (unpaired) electrons. The SMILES string of the molecule is CCc1ccc(NC(=S)Nc2ccc(S(=O)(=O)Nc3cc(OC)ncn3)cc2)cc1. The van der Waals surface area contributed by atoms with Gasteiger partial charge in [-0.3, -0.25) is 4.72 Å². The number of methoxy groups -OCH3 is 1. The summed E-state index contributed by atoms with van der Waals surface area (Å²) in [4.78, 5) is 7.81. The molecule has 1 aromatic heterocycles. The summed E-state index contributed by atoms with van der Waals surface area (Å²) >= 11 is 5.32. The number of aryl methyl sites for hydroxylation is 1. The summed E-state index contributed by atoms with van der Waals surface area (Å²) in [5.41, 5.74) is 2.76. The van der Waals surface area contributed by atoms with Gasteiger partial charge in [0.2, 0.25) is 5.88 Å². The first-order valence-electron chi connectivity index (χ1n) is 9.05. The molecule has 0 spiro atoms. The van der Waals surface area contributed by atoms with Crippen molar-refractivity contribution < 1.29 is 13.2 Å². The van der Waals surface area contributed by atoms with Crippen molar-refractivity contribution in [1.82, 2.24) is 9.97 Å². The first-order chi connectivity index (χ1) is 14.4. The van der Waals surface area contributed by atoms with Crippen molar-refractivity contribution in [2.24, 2.45) is 0 Å². The lowest BCUT2D eigenvalue weighted by Crippen LogP contribution is -2.19. The highest BCUT2D eigenvalue weighted by atomic mass is 32.2. The monoisotopic (exact) mass is 443 g/mol. The van der Waals surface area contributed by atoms with Crippen LogP contribution >= 0.6 is 12.2 Å². The Morgan fingerprint density at radius 2 is 1.60 bits per heavy atom. The molecule has 0 saturated heterocycles. The van der Waals surface area contributed by atoms with Crippen molar-refractivity contribution in [3.8, 4) is 5.88 Å². The van der Waals surface area contributed by atoms with Crippen molar-refractivity contribution in [2.75, 3.05) is 22.5 Å². The lowest BCUT2D eigenvalue weighted by molar-refractivity contribution is 0.397. The largest absolute Gasteiger partial charge is 0.481 e. The van der Waals surface area contributed by atoms with Gasteiger partial charge in [-0.25, -0.2) is 18.4 Å². The quantitative estimate of drug-likeness (QED) is 0.475. The molecule has 2 aromatic carbocycles. The van der Waals surface area contributed by atoms with E-state index in [1.165, 1.54) is 37.2 Å². The molecule has 3 rings (SSSR count). The number of benzene rings is 2. The molecule has 0 amide bonds. The maximum Gasteiger partial charge on any atom is 0.263 e. The van der Waals surface area contributed by atoms with E-state index in [-0.39, 0.29) is 16.6 Å². The number of aromatic nitrogens is 2. The van der Waals surface area contributed by atoms with E-state index in [0.717, 1.165) is 12.1 Å². The van der Waals surface area contributed by atoms with Crippen LogP contribution in [-0.4, -0.2) is 30.6 Å². The van der Waals surface area contributed by atoms with Gasteiger partial charge in [-0.15, -0.1) is 0 Å². The minimum Gasteiger partial charge on any atom is -0.481 e. The van der Waals surface area contributed by atoms with Gasteiger partial charge in [-0.2, -0.15) is 0 Å². The number of anilines is 3. The fourth-order valence-corrected chi connectivity index (χ4v) is 3.77. The zero-order valence-corrected chi connectivity index (χ0v) is 18.0. The summed E-state index contributed by atoms with van der Waals surface area (Å²) in [6, 6.07) is 15.6. The second-order valence-electron chi connectivity index (χ2n) is 6.21. The van der Waals surface area contributed by atoms with Crippen molar-refractivity contribution in [1.29, 1.82) is 0 Å². The summed E-state index contributed by atoms with van der Waals surface area (Å²) in [6.07, 6.45) is 2.19. The number of sulfonamides is 1. The van der Waals surface area contributed by atoms with Crippen LogP contribution in [0.25, 0.3) is 0 Å². The fourth-order valence-electron chi connectivity index (χ4n) is 2.54. The van der Waals surface area contributed by atoms with Gasteiger partial charge in [0.05, 0.1) is 12.0 Å². The fraction of sp³-hybridized carbons (Fsp3) is 0.150. The molecule has 0 aliphatic carbocycles. The van der Waals surface area contributed by atoms with Gasteiger partial charge < -0.3 is 15.4 Å². The van der Waals surface area contributed by atoms with Gasteiger partial charge in [0.1, 0.15) is 12.1 Å². The number of hydrogen-bond acceptors (Lipinski definition) is 6. The normalized spacial score (nSPS) is 10.9. The summed E-state index contributed by atoms with van der Waals surface area (Å²) in [6.45, 7) is 2.10. The molecule has 10 heteroatoms. The number of ether oxygens (including phenoxy) is 1. The van der Waals surface area contributed by atoms with Crippen LogP contribution in [0, 0.1) is 0 Å². The second kappa shape index (κ2) is 9.51. The summed E-state index contributed by atoms with van der Waals surface area (Å²) < 4.78 is 32.5. The second-order valence-corrected chi connectivity index (χ2v) is 8.30. The third kappa shape index (κ3) is 5.65. The molecule has 3 aromatic rings. The van der Waals surface area contributed by atoms with Crippen LogP contribution in [0.1, 0.15) is 12.5 Å². The maximum atomic E-state index is 12.6. The van der Waals surface area contributed by atoms with Crippen LogP contribution in [0.5, 0.6) is 5.88 Å². The number of nitrogens with one attached hydrogen (secondary N) is 3. The number of hydrogen-bond donors (Lipinski definition) is 3. The van der Waals surface area contributed by atoms with E-state index in [1.807, 2.05) is 24.3 Å². The maximum absolute atomic E-state index is 12.6. The van der Waals surface area contributed by atoms with Gasteiger partial charge in [0.15, 0.2) is 5.11 Å². The van der Waals surface area contributed by atoms with E-state index in [2.05, 4.69) is 32.2 Å². The first kappa shape index (κ1) is 21.5. The highest BCUT2D eigenvalue weighted by Gasteiger charge is 2.15. The summed E-state index contributed by atoms with van der Waals surface area (Å²) in [7, 11) is -2.37. The lowest BCUT2D eigenvalue weighted by atomic mass is 10.1. The van der Waals surface area contributed by atoms with Gasteiger partial charge in [0, 0.05) is 17.4 Å². The Hall–Kier alpha value is -3.24. The van der Waals surface area contributed by atoms with E-state index >= 15 is 0 Å². The molecule has 0 aliphatic heterocycles. The summed E-state index contributed by atoms with van der Waals surface area (Å²) in [5, 5.41) is 6.53. The molecule has 0 fully saturated rings. The van der Waals surface area contributed by atoms with E-state index < -0.39 is 10.0 Å². The molecule has 8 nitrogen and oxygen atoms in total. The molecule has 0 aliphatic rings. The molecule has 0 unspecified atom stereocenters. The highest BCUT2D eigenvalue weighted by Crippen LogP contribution is 2.19. The lowest BCUT2D eigenvalue weighted by Gasteiger charge is -2.12. The van der Waals surface area contributed by atoms with E-state index in [9.17, 15) is 8.42 Å². The van der Waals surface area contributed by atoms with Gasteiger partial charge >= 0.3 is 0 Å². The predicted molar refractivity (Wildman–Crippen MR) is 121 cm³/mol. The molecule has 30 heavy (non-hydrogen) atoms. The van der Waals surface area contributed by atoms with Crippen molar-refractivity contribution >= 4 is 44.5 Å². The zero-order chi connectivity index (χ0) is 21.6. The predicted octanol–water partition coefficient (Wildman–Crippen LogP) is 3.66. The van der Waals surface area contributed by atoms with Crippen LogP contribution < -0.4 is 20.1 Å². The van der Waals surface area contributed by atoms with Crippen LogP contribution in [0.2, 0.25) is 0 Å². The number of rotatable bonds is 7. The highest BCUT2D eigenvalue weighted by molar-refractivity contribution is 7.92. The Labute approximate surface area is 180 Å². The van der Waals surface area contributed by atoms with Crippen LogP contribution in [0.3, 0.4) is 0 Å². The molecule has 3 N–H and O–H groups in total. The van der Waals surface area contributed by atoms with Gasteiger partial charge in [-0.1, -0.05) is 19.1 Å². The Bertz CT molecular complexity index is 1120. The minimum absolute atomic E-state index is 0.0830. The van der Waals surface area contributed by atoms with Crippen LogP contribution in [0.15, 0.2) is 65.8 Å². The van der Waals surface area contributed by atoms with Gasteiger partial charge in [0.25, 0.3) is 10.0 Å². The first-order valence-corrected chi connectivity index (χ1v) is 10.9. The molecule has 0 bridgehead atoms.